The molecule has 10 heteroatoms. The molecule has 2 aromatic heterocycles. The lowest BCUT2D eigenvalue weighted by atomic mass is 10.2. The molecule has 4 aromatic rings. The van der Waals surface area contributed by atoms with Gasteiger partial charge in [0.1, 0.15) is 6.54 Å². The minimum Gasteiger partial charge on any atom is -0.324 e. The number of hydrogen-bond acceptors (Lipinski definition) is 4. The summed E-state index contributed by atoms with van der Waals surface area (Å²) in [6, 6.07) is 13.5. The van der Waals surface area contributed by atoms with Crippen LogP contribution in [0.2, 0.25) is 0 Å². The molecule has 0 saturated carbocycles. The molecule has 164 valence electrons. The second-order valence-corrected chi connectivity index (χ2v) is 7.23. The number of amides is 1. The van der Waals surface area contributed by atoms with Gasteiger partial charge in [-0.3, -0.25) is 9.59 Å². The van der Waals surface area contributed by atoms with Crippen molar-refractivity contribution in [1.82, 2.24) is 19.6 Å². The average Bonchev–Trinajstić information content (AvgIpc) is 3.10. The van der Waals surface area contributed by atoms with Gasteiger partial charge in [0, 0.05) is 5.69 Å². The van der Waals surface area contributed by atoms with Crippen LogP contribution in [0.1, 0.15) is 17.0 Å². The number of hydrogen-bond donors (Lipinski definition) is 1. The van der Waals surface area contributed by atoms with Crippen LogP contribution in [0.15, 0.2) is 59.4 Å². The Kier molecular flexibility index (Phi) is 5.29. The zero-order valence-corrected chi connectivity index (χ0v) is 17.1. The monoisotopic (exact) mass is 441 g/mol. The van der Waals surface area contributed by atoms with Crippen LogP contribution in [0.4, 0.5) is 18.9 Å². The van der Waals surface area contributed by atoms with Crippen molar-refractivity contribution in [2.75, 3.05) is 5.32 Å². The maximum absolute atomic E-state index is 12.9. The van der Waals surface area contributed by atoms with Crippen molar-refractivity contribution < 1.29 is 18.0 Å². The van der Waals surface area contributed by atoms with Gasteiger partial charge in [0.2, 0.25) is 5.91 Å². The summed E-state index contributed by atoms with van der Waals surface area (Å²) in [6.07, 6.45) is -4.53. The fourth-order valence-corrected chi connectivity index (χ4v) is 3.52. The van der Waals surface area contributed by atoms with E-state index in [4.69, 9.17) is 0 Å². The number of benzene rings is 2. The highest BCUT2D eigenvalue weighted by molar-refractivity contribution is 5.91. The number of anilines is 1. The highest BCUT2D eigenvalue weighted by atomic mass is 19.4. The lowest BCUT2D eigenvalue weighted by Gasteiger charge is -2.10. The normalized spacial score (nSPS) is 11.7. The number of rotatable bonds is 4. The van der Waals surface area contributed by atoms with Crippen molar-refractivity contribution in [1.29, 1.82) is 0 Å². The molecule has 2 heterocycles. The van der Waals surface area contributed by atoms with Gasteiger partial charge in [-0.2, -0.15) is 23.4 Å². The van der Waals surface area contributed by atoms with Crippen LogP contribution in [0.25, 0.3) is 16.6 Å². The van der Waals surface area contributed by atoms with Gasteiger partial charge in [-0.1, -0.05) is 24.3 Å². The number of para-hydroxylation sites is 1. The lowest BCUT2D eigenvalue weighted by Crippen LogP contribution is -2.30. The van der Waals surface area contributed by atoms with Crippen LogP contribution >= 0.6 is 0 Å². The van der Waals surface area contributed by atoms with E-state index in [1.165, 1.54) is 12.1 Å². The maximum atomic E-state index is 12.9. The quantitative estimate of drug-likeness (QED) is 0.522. The van der Waals surface area contributed by atoms with E-state index in [1.54, 1.807) is 11.6 Å². The summed E-state index contributed by atoms with van der Waals surface area (Å²) in [4.78, 5) is 25.4. The Balaban J connectivity index is 1.65. The van der Waals surface area contributed by atoms with Crippen molar-refractivity contribution in [2.45, 2.75) is 26.6 Å². The summed E-state index contributed by atoms with van der Waals surface area (Å²) in [5, 5.41) is 11.6. The molecule has 0 aliphatic carbocycles. The van der Waals surface area contributed by atoms with Gasteiger partial charge in [-0.25, -0.2) is 9.36 Å². The predicted octanol–water partition coefficient (Wildman–Crippen LogP) is 3.86. The van der Waals surface area contributed by atoms with Gasteiger partial charge in [-0.15, -0.1) is 0 Å². The van der Waals surface area contributed by atoms with Crippen molar-refractivity contribution in [3.63, 3.8) is 0 Å². The van der Waals surface area contributed by atoms with E-state index >= 15 is 0 Å². The summed E-state index contributed by atoms with van der Waals surface area (Å²) in [6.45, 7) is 3.05. The fraction of sp³-hybridized carbons (Fsp3) is 0.182. The molecule has 0 fully saturated rings. The number of nitrogens with zero attached hydrogens (tertiary/aromatic N) is 4. The lowest BCUT2D eigenvalue weighted by molar-refractivity contribution is -0.137. The Morgan fingerprint density at radius 3 is 2.44 bits per heavy atom. The standard InChI is InChI=1S/C22H18F3N5O2/c1-13-19-14(2)30(17-9-4-3-5-10-17)28-20(19)21(32)29(27-13)12-18(31)26-16-8-6-7-15(11-16)22(23,24)25/h3-11H,12H2,1-2H3,(H,26,31). The number of alkyl halides is 3. The van der Waals surface area contributed by atoms with Crippen molar-refractivity contribution in [2.24, 2.45) is 0 Å². The molecule has 2 aromatic carbocycles. The van der Waals surface area contributed by atoms with Crippen molar-refractivity contribution >= 4 is 22.5 Å². The summed E-state index contributed by atoms with van der Waals surface area (Å²) in [5.41, 5.74) is 0.687. The van der Waals surface area contributed by atoms with E-state index < -0.39 is 29.8 Å². The molecule has 0 aliphatic heterocycles. The van der Waals surface area contributed by atoms with Crippen LogP contribution in [-0.2, 0) is 17.5 Å². The summed E-state index contributed by atoms with van der Waals surface area (Å²) < 4.78 is 41.2. The molecule has 0 radical (unpaired) electrons. The Morgan fingerprint density at radius 1 is 1.03 bits per heavy atom. The van der Waals surface area contributed by atoms with Crippen LogP contribution < -0.4 is 10.9 Å². The van der Waals surface area contributed by atoms with Crippen LogP contribution in [0.5, 0.6) is 0 Å². The Bertz CT molecular complexity index is 1370. The van der Waals surface area contributed by atoms with Crippen molar-refractivity contribution in [3.05, 3.63) is 81.9 Å². The van der Waals surface area contributed by atoms with Gasteiger partial charge < -0.3 is 5.32 Å². The predicted molar refractivity (Wildman–Crippen MR) is 113 cm³/mol. The minimum atomic E-state index is -4.53. The first-order valence-corrected chi connectivity index (χ1v) is 9.65. The molecule has 0 aliphatic rings. The fourth-order valence-electron chi connectivity index (χ4n) is 3.52. The number of carbonyl (C=O) groups excluding carboxylic acids is 1. The Morgan fingerprint density at radius 2 is 1.75 bits per heavy atom. The third kappa shape index (κ3) is 3.98. The molecule has 0 bridgehead atoms. The van der Waals surface area contributed by atoms with E-state index in [2.05, 4.69) is 15.5 Å². The van der Waals surface area contributed by atoms with E-state index in [0.717, 1.165) is 28.2 Å². The molecule has 0 atom stereocenters. The molecule has 0 saturated heterocycles. The zero-order valence-electron chi connectivity index (χ0n) is 17.1. The third-order valence-corrected chi connectivity index (χ3v) is 4.95. The van der Waals surface area contributed by atoms with Gasteiger partial charge in [0.25, 0.3) is 5.56 Å². The number of nitrogens with one attached hydrogen (secondary N) is 1. The number of aryl methyl sites for hydroxylation is 2. The zero-order chi connectivity index (χ0) is 23.0. The van der Waals surface area contributed by atoms with Gasteiger partial charge in [0.05, 0.1) is 28.0 Å². The van der Waals surface area contributed by atoms with E-state index in [-0.39, 0.29) is 11.2 Å². The van der Waals surface area contributed by atoms with E-state index in [1.807, 2.05) is 37.3 Å². The van der Waals surface area contributed by atoms with Crippen LogP contribution in [0, 0.1) is 13.8 Å². The van der Waals surface area contributed by atoms with Crippen LogP contribution in [-0.4, -0.2) is 25.5 Å². The SMILES string of the molecule is Cc1nn(CC(=O)Nc2cccc(C(F)(F)F)c2)c(=O)c2nn(-c3ccccc3)c(C)c12. The summed E-state index contributed by atoms with van der Waals surface area (Å²) in [5.74, 6) is -0.683. The highest BCUT2D eigenvalue weighted by Gasteiger charge is 2.30. The van der Waals surface area contributed by atoms with E-state index in [0.29, 0.717) is 11.1 Å². The third-order valence-electron chi connectivity index (χ3n) is 4.95. The first kappa shape index (κ1) is 21.3. The summed E-state index contributed by atoms with van der Waals surface area (Å²) >= 11 is 0. The molecule has 0 spiro atoms. The molecule has 1 amide bonds. The Hall–Kier alpha value is -3.95. The highest BCUT2D eigenvalue weighted by Crippen LogP contribution is 2.30. The number of fused-ring (bicyclic) bond motifs is 1. The summed E-state index contributed by atoms with van der Waals surface area (Å²) in [7, 11) is 0. The minimum absolute atomic E-state index is 0.0279. The van der Waals surface area contributed by atoms with Crippen molar-refractivity contribution in [3.8, 4) is 5.69 Å². The van der Waals surface area contributed by atoms with E-state index in [9.17, 15) is 22.8 Å². The second-order valence-electron chi connectivity index (χ2n) is 7.23. The molecule has 7 nitrogen and oxygen atoms in total. The molecule has 0 unspecified atom stereocenters. The molecule has 32 heavy (non-hydrogen) atoms. The maximum Gasteiger partial charge on any atom is 0.416 e. The number of carbonyl (C=O) groups is 1. The first-order chi connectivity index (χ1) is 15.1. The van der Waals surface area contributed by atoms with Crippen LogP contribution in [0.3, 0.4) is 0 Å². The Labute approximate surface area is 180 Å². The number of halogens is 3. The van der Waals surface area contributed by atoms with Gasteiger partial charge >= 0.3 is 6.18 Å². The molecular weight excluding hydrogens is 423 g/mol. The molecule has 1 N–H and O–H groups in total. The smallest absolute Gasteiger partial charge is 0.324 e. The number of aromatic nitrogens is 4. The average molecular weight is 441 g/mol. The van der Waals surface area contributed by atoms with Gasteiger partial charge in [-0.05, 0) is 44.2 Å². The second kappa shape index (κ2) is 7.95. The first-order valence-electron chi connectivity index (χ1n) is 9.65. The molecular formula is C22H18F3N5O2. The molecule has 4 rings (SSSR count). The topological polar surface area (TPSA) is 81.8 Å². The van der Waals surface area contributed by atoms with Gasteiger partial charge in [0.15, 0.2) is 5.52 Å². The largest absolute Gasteiger partial charge is 0.416 e.